The first-order valence-corrected chi connectivity index (χ1v) is 8.25. The van der Waals surface area contributed by atoms with Crippen LogP contribution in [0.3, 0.4) is 0 Å². The number of aromatic carboxylic acids is 1. The number of benzene rings is 2. The van der Waals surface area contributed by atoms with Crippen molar-refractivity contribution in [3.05, 3.63) is 53.1 Å². The molecule has 0 unspecified atom stereocenters. The third-order valence-electron chi connectivity index (χ3n) is 3.60. The van der Waals surface area contributed by atoms with Gasteiger partial charge in [0.25, 0.3) is 10.0 Å². The lowest BCUT2D eigenvalue weighted by molar-refractivity contribution is 0.0698. The molecular formula is C16H17NO5S. The summed E-state index contributed by atoms with van der Waals surface area (Å²) in [5, 5.41) is 9.15. The second kappa shape index (κ2) is 6.29. The fourth-order valence-corrected chi connectivity index (χ4v) is 3.62. The van der Waals surface area contributed by atoms with Gasteiger partial charge in [-0.2, -0.15) is 0 Å². The Kier molecular flexibility index (Phi) is 4.60. The van der Waals surface area contributed by atoms with E-state index in [1.165, 1.54) is 31.4 Å². The molecule has 23 heavy (non-hydrogen) atoms. The van der Waals surface area contributed by atoms with Crippen molar-refractivity contribution in [2.75, 3.05) is 11.8 Å². The van der Waals surface area contributed by atoms with Crippen LogP contribution in [0.5, 0.6) is 5.75 Å². The highest BCUT2D eigenvalue weighted by atomic mass is 32.2. The van der Waals surface area contributed by atoms with Crippen LogP contribution in [0.4, 0.5) is 5.69 Å². The van der Waals surface area contributed by atoms with Crippen molar-refractivity contribution in [3.8, 4) is 5.75 Å². The zero-order valence-corrected chi connectivity index (χ0v) is 13.8. The molecule has 6 nitrogen and oxygen atoms in total. The highest BCUT2D eigenvalue weighted by molar-refractivity contribution is 7.92. The molecule has 2 rings (SSSR count). The molecule has 0 bridgehead atoms. The third kappa shape index (κ3) is 3.29. The lowest BCUT2D eigenvalue weighted by atomic mass is 10.1. The molecule has 0 aromatic heterocycles. The summed E-state index contributed by atoms with van der Waals surface area (Å²) in [5.74, 6) is -0.613. The van der Waals surface area contributed by atoms with Crippen molar-refractivity contribution in [3.63, 3.8) is 0 Å². The number of rotatable bonds is 5. The minimum Gasteiger partial charge on any atom is -0.496 e. The molecule has 122 valence electrons. The number of hydrogen-bond acceptors (Lipinski definition) is 4. The summed E-state index contributed by atoms with van der Waals surface area (Å²) < 4.78 is 32.7. The summed E-state index contributed by atoms with van der Waals surface area (Å²) in [6, 6.07) is 8.85. The van der Waals surface area contributed by atoms with E-state index in [0.717, 1.165) is 0 Å². The van der Waals surface area contributed by atoms with E-state index in [9.17, 15) is 13.2 Å². The lowest BCUT2D eigenvalue weighted by Crippen LogP contribution is -2.17. The molecule has 0 atom stereocenters. The van der Waals surface area contributed by atoms with Crippen LogP contribution >= 0.6 is 0 Å². The van der Waals surface area contributed by atoms with Crippen molar-refractivity contribution in [2.45, 2.75) is 18.7 Å². The Morgan fingerprint density at radius 3 is 2.35 bits per heavy atom. The van der Waals surface area contributed by atoms with Gasteiger partial charge in [0.05, 0.1) is 23.3 Å². The molecule has 0 radical (unpaired) electrons. The summed E-state index contributed by atoms with van der Waals surface area (Å²) in [4.78, 5) is 11.3. The minimum atomic E-state index is -3.92. The van der Waals surface area contributed by atoms with Gasteiger partial charge in [0.2, 0.25) is 0 Å². The predicted molar refractivity (Wildman–Crippen MR) is 86.7 cm³/mol. The van der Waals surface area contributed by atoms with E-state index in [0.29, 0.717) is 16.9 Å². The molecule has 7 heteroatoms. The van der Waals surface area contributed by atoms with E-state index in [-0.39, 0.29) is 16.1 Å². The Morgan fingerprint density at radius 2 is 1.74 bits per heavy atom. The summed E-state index contributed by atoms with van der Waals surface area (Å²) in [7, 11) is -2.41. The Balaban J connectivity index is 2.49. The molecule has 0 spiro atoms. The maximum atomic E-state index is 12.6. The second-order valence-electron chi connectivity index (χ2n) is 4.97. The lowest BCUT2D eigenvalue weighted by Gasteiger charge is -2.15. The van der Waals surface area contributed by atoms with E-state index in [4.69, 9.17) is 9.84 Å². The number of ether oxygens (including phenoxy) is 1. The monoisotopic (exact) mass is 335 g/mol. The molecule has 0 heterocycles. The van der Waals surface area contributed by atoms with Gasteiger partial charge in [-0.25, -0.2) is 13.2 Å². The molecule has 0 saturated carbocycles. The van der Waals surface area contributed by atoms with Gasteiger partial charge in [-0.1, -0.05) is 12.1 Å². The molecule has 2 aromatic carbocycles. The Labute approximate surface area is 134 Å². The maximum Gasteiger partial charge on any atom is 0.337 e. The highest BCUT2D eigenvalue weighted by Gasteiger charge is 2.21. The molecule has 0 aliphatic heterocycles. The largest absolute Gasteiger partial charge is 0.496 e. The van der Waals surface area contributed by atoms with Crippen LogP contribution in [0, 0.1) is 13.8 Å². The molecule has 0 aliphatic carbocycles. The summed E-state index contributed by atoms with van der Waals surface area (Å²) >= 11 is 0. The molecular weight excluding hydrogens is 318 g/mol. The maximum absolute atomic E-state index is 12.6. The van der Waals surface area contributed by atoms with Crippen molar-refractivity contribution < 1.29 is 23.1 Å². The van der Waals surface area contributed by atoms with Crippen LogP contribution in [-0.2, 0) is 10.0 Å². The second-order valence-corrected chi connectivity index (χ2v) is 6.62. The standard InChI is InChI=1S/C16H17NO5S/c1-10-11(2)15(9-8-14(10)22-3)23(20,21)17-13-7-5-4-6-12(13)16(18)19/h4-9,17H,1-3H3,(H,18,19). The summed E-state index contributed by atoms with van der Waals surface area (Å²) in [5.41, 5.74) is 1.17. The van der Waals surface area contributed by atoms with Gasteiger partial charge in [0, 0.05) is 0 Å². The van der Waals surface area contributed by atoms with Gasteiger partial charge in [0.1, 0.15) is 5.75 Å². The van der Waals surface area contributed by atoms with Crippen molar-refractivity contribution in [1.29, 1.82) is 0 Å². The van der Waals surface area contributed by atoms with Crippen LogP contribution in [0.2, 0.25) is 0 Å². The number of para-hydroxylation sites is 1. The van der Waals surface area contributed by atoms with E-state index in [1.807, 2.05) is 0 Å². The van der Waals surface area contributed by atoms with Gasteiger partial charge in [-0.3, -0.25) is 4.72 Å². The zero-order chi connectivity index (χ0) is 17.2. The Bertz CT molecular complexity index is 859. The number of anilines is 1. The molecule has 2 aromatic rings. The summed E-state index contributed by atoms with van der Waals surface area (Å²) in [6.07, 6.45) is 0. The van der Waals surface area contributed by atoms with Crippen LogP contribution < -0.4 is 9.46 Å². The molecule has 0 aliphatic rings. The van der Waals surface area contributed by atoms with E-state index in [1.54, 1.807) is 26.0 Å². The number of carbonyl (C=O) groups is 1. The molecule has 0 amide bonds. The molecule has 0 fully saturated rings. The van der Waals surface area contributed by atoms with Crippen molar-refractivity contribution >= 4 is 21.7 Å². The third-order valence-corrected chi connectivity index (χ3v) is 5.11. The average molecular weight is 335 g/mol. The van der Waals surface area contributed by atoms with Crippen LogP contribution in [0.25, 0.3) is 0 Å². The zero-order valence-electron chi connectivity index (χ0n) is 13.0. The Morgan fingerprint density at radius 1 is 1.09 bits per heavy atom. The SMILES string of the molecule is COc1ccc(S(=O)(=O)Nc2ccccc2C(=O)O)c(C)c1C. The van der Waals surface area contributed by atoms with E-state index in [2.05, 4.69) is 4.72 Å². The number of sulfonamides is 1. The van der Waals surface area contributed by atoms with Gasteiger partial charge in [0.15, 0.2) is 0 Å². The predicted octanol–water partition coefficient (Wildman–Crippen LogP) is 2.81. The van der Waals surface area contributed by atoms with Crippen LogP contribution in [-0.4, -0.2) is 26.6 Å². The topological polar surface area (TPSA) is 92.7 Å². The number of hydrogen-bond donors (Lipinski definition) is 2. The average Bonchev–Trinajstić information content (AvgIpc) is 2.49. The fraction of sp³-hybridized carbons (Fsp3) is 0.188. The first-order chi connectivity index (χ1) is 10.8. The molecule has 0 saturated heterocycles. The van der Waals surface area contributed by atoms with E-state index < -0.39 is 16.0 Å². The number of carboxylic acids is 1. The normalized spacial score (nSPS) is 11.1. The van der Waals surface area contributed by atoms with Crippen LogP contribution in [0.15, 0.2) is 41.3 Å². The van der Waals surface area contributed by atoms with Gasteiger partial charge in [-0.15, -0.1) is 0 Å². The fourth-order valence-electron chi connectivity index (χ4n) is 2.24. The van der Waals surface area contributed by atoms with Crippen molar-refractivity contribution in [2.24, 2.45) is 0 Å². The van der Waals surface area contributed by atoms with Crippen LogP contribution in [0.1, 0.15) is 21.5 Å². The number of nitrogens with one attached hydrogen (secondary N) is 1. The van der Waals surface area contributed by atoms with Crippen molar-refractivity contribution in [1.82, 2.24) is 0 Å². The highest BCUT2D eigenvalue weighted by Crippen LogP contribution is 2.28. The van der Waals surface area contributed by atoms with Gasteiger partial charge < -0.3 is 9.84 Å². The minimum absolute atomic E-state index is 0.0212. The van der Waals surface area contributed by atoms with Gasteiger partial charge >= 0.3 is 5.97 Å². The molecule has 2 N–H and O–H groups in total. The van der Waals surface area contributed by atoms with Gasteiger partial charge in [-0.05, 0) is 49.2 Å². The quantitative estimate of drug-likeness (QED) is 0.876. The smallest absolute Gasteiger partial charge is 0.337 e. The Hall–Kier alpha value is -2.54. The van der Waals surface area contributed by atoms with E-state index >= 15 is 0 Å². The first-order valence-electron chi connectivity index (χ1n) is 6.77. The summed E-state index contributed by atoms with van der Waals surface area (Å²) in [6.45, 7) is 3.44. The first kappa shape index (κ1) is 16.8. The number of carboxylic acid groups (broad SMARTS) is 1. The number of methoxy groups -OCH3 is 1.